The zero-order valence-corrected chi connectivity index (χ0v) is 13.8. The van der Waals surface area contributed by atoms with E-state index in [2.05, 4.69) is 0 Å². The van der Waals surface area contributed by atoms with Crippen LogP contribution in [0.3, 0.4) is 0 Å². The van der Waals surface area contributed by atoms with Crippen LogP contribution < -0.4 is 0 Å². The summed E-state index contributed by atoms with van der Waals surface area (Å²) in [6.45, 7) is 1.98. The molecule has 0 aliphatic carbocycles. The van der Waals surface area contributed by atoms with Crippen LogP contribution in [0, 0.1) is 29.6 Å². The molecule has 0 amide bonds. The van der Waals surface area contributed by atoms with E-state index in [1.807, 2.05) is 55.8 Å². The minimum absolute atomic E-state index is 0.0273. The van der Waals surface area contributed by atoms with Crippen LogP contribution in [0.4, 0.5) is 0 Å². The molecule has 0 saturated heterocycles. The summed E-state index contributed by atoms with van der Waals surface area (Å²) in [5.74, 6) is 0. The Morgan fingerprint density at radius 1 is 1.05 bits per heavy atom. The van der Waals surface area contributed by atoms with Gasteiger partial charge < -0.3 is 0 Å². The van der Waals surface area contributed by atoms with E-state index in [1.165, 1.54) is 23.5 Å². The molecule has 102 valence electrons. The molecule has 0 atom stereocenters. The normalized spacial score (nSPS) is 9.30. The Kier molecular flexibility index (Phi) is 6.75. The molecule has 0 spiro atoms. The lowest BCUT2D eigenvalue weighted by molar-refractivity contribution is 1.43. The van der Waals surface area contributed by atoms with Crippen LogP contribution in [0.2, 0.25) is 0 Å². The zero-order chi connectivity index (χ0) is 15.1. The highest BCUT2D eigenvalue weighted by atomic mass is 35.5. The van der Waals surface area contributed by atoms with Crippen molar-refractivity contribution >= 4 is 40.7 Å². The summed E-state index contributed by atoms with van der Waals surface area (Å²) in [7, 11) is 0. The van der Waals surface area contributed by atoms with Crippen molar-refractivity contribution in [3.05, 3.63) is 50.2 Å². The summed E-state index contributed by atoms with van der Waals surface area (Å²) in [5, 5.41) is 18.8. The quantitative estimate of drug-likeness (QED) is 0.583. The monoisotopic (exact) mass is 320 g/mol. The van der Waals surface area contributed by atoms with Crippen molar-refractivity contribution in [1.82, 2.24) is 0 Å². The van der Waals surface area contributed by atoms with E-state index in [1.54, 1.807) is 0 Å². The SMILES string of the molecule is CSC(SC)=C(Cl)C(=C(C#N)C#N)c1ccc(C)cc1. The third kappa shape index (κ3) is 3.84. The molecule has 0 saturated carbocycles. The average Bonchev–Trinajstić information content (AvgIpc) is 2.47. The molecule has 1 aromatic carbocycles. The summed E-state index contributed by atoms with van der Waals surface area (Å²) in [4.78, 5) is 0. The second-order valence-corrected chi connectivity index (χ2v) is 6.12. The number of rotatable bonds is 4. The molecule has 2 nitrogen and oxygen atoms in total. The molecule has 0 radical (unpaired) electrons. The fraction of sp³-hybridized carbons (Fsp3) is 0.200. The van der Waals surface area contributed by atoms with E-state index in [-0.39, 0.29) is 5.57 Å². The van der Waals surface area contributed by atoms with Gasteiger partial charge in [0.1, 0.15) is 17.7 Å². The minimum Gasteiger partial charge on any atom is -0.192 e. The van der Waals surface area contributed by atoms with E-state index in [9.17, 15) is 0 Å². The Bertz CT molecular complexity index is 609. The highest BCUT2D eigenvalue weighted by molar-refractivity contribution is 8.21. The number of nitrogens with zero attached hydrogens (tertiary/aromatic N) is 2. The van der Waals surface area contributed by atoms with Crippen LogP contribution in [-0.4, -0.2) is 12.5 Å². The topological polar surface area (TPSA) is 47.6 Å². The van der Waals surface area contributed by atoms with Crippen molar-refractivity contribution in [2.45, 2.75) is 6.92 Å². The molecule has 0 fully saturated rings. The number of hydrogen-bond donors (Lipinski definition) is 0. The predicted molar refractivity (Wildman–Crippen MR) is 89.2 cm³/mol. The molecule has 1 aromatic rings. The Morgan fingerprint density at radius 3 is 1.95 bits per heavy atom. The first-order valence-corrected chi connectivity index (χ1v) is 8.51. The third-order valence-electron chi connectivity index (χ3n) is 2.58. The molecular weight excluding hydrogens is 308 g/mol. The number of thioether (sulfide) groups is 2. The Balaban J connectivity index is 3.59. The first-order valence-electron chi connectivity index (χ1n) is 5.68. The molecule has 0 aliphatic heterocycles. The van der Waals surface area contributed by atoms with Crippen molar-refractivity contribution in [2.24, 2.45) is 0 Å². The number of aryl methyl sites for hydroxylation is 1. The molecule has 20 heavy (non-hydrogen) atoms. The highest BCUT2D eigenvalue weighted by Crippen LogP contribution is 2.39. The van der Waals surface area contributed by atoms with Crippen LogP contribution in [-0.2, 0) is 0 Å². The fourth-order valence-electron chi connectivity index (χ4n) is 1.60. The van der Waals surface area contributed by atoms with Gasteiger partial charge in [0.05, 0.1) is 9.27 Å². The van der Waals surface area contributed by atoms with Gasteiger partial charge in [0.15, 0.2) is 0 Å². The van der Waals surface area contributed by atoms with Gasteiger partial charge in [-0.15, -0.1) is 23.5 Å². The number of halogens is 1. The van der Waals surface area contributed by atoms with Crippen molar-refractivity contribution in [3.8, 4) is 12.1 Å². The smallest absolute Gasteiger partial charge is 0.139 e. The first-order chi connectivity index (χ1) is 9.58. The Morgan fingerprint density at radius 2 is 1.55 bits per heavy atom. The molecule has 0 heterocycles. The van der Waals surface area contributed by atoms with Gasteiger partial charge in [-0.1, -0.05) is 41.4 Å². The molecule has 1 rings (SSSR count). The van der Waals surface area contributed by atoms with Crippen LogP contribution in [0.1, 0.15) is 11.1 Å². The van der Waals surface area contributed by atoms with Gasteiger partial charge in [0.25, 0.3) is 0 Å². The molecule has 0 unspecified atom stereocenters. The van der Waals surface area contributed by atoms with Gasteiger partial charge in [-0.2, -0.15) is 10.5 Å². The minimum atomic E-state index is 0.0273. The van der Waals surface area contributed by atoms with Gasteiger partial charge in [0, 0.05) is 5.57 Å². The van der Waals surface area contributed by atoms with Crippen LogP contribution >= 0.6 is 35.1 Å². The maximum absolute atomic E-state index is 9.16. The maximum atomic E-state index is 9.16. The first kappa shape index (κ1) is 16.7. The van der Waals surface area contributed by atoms with Gasteiger partial charge in [0.2, 0.25) is 0 Å². The summed E-state index contributed by atoms with van der Waals surface area (Å²) < 4.78 is 0.880. The number of benzene rings is 1. The van der Waals surface area contributed by atoms with E-state index in [4.69, 9.17) is 22.1 Å². The number of hydrogen-bond acceptors (Lipinski definition) is 4. The zero-order valence-electron chi connectivity index (χ0n) is 11.4. The van der Waals surface area contributed by atoms with E-state index < -0.39 is 0 Å². The largest absolute Gasteiger partial charge is 0.192 e. The number of nitriles is 2. The lowest BCUT2D eigenvalue weighted by Gasteiger charge is -2.11. The van der Waals surface area contributed by atoms with Crippen molar-refractivity contribution in [3.63, 3.8) is 0 Å². The predicted octanol–water partition coefficient (Wildman–Crippen LogP) is 4.93. The van der Waals surface area contributed by atoms with E-state index in [0.717, 1.165) is 15.4 Å². The average molecular weight is 321 g/mol. The molecule has 0 aromatic heterocycles. The fourth-order valence-corrected chi connectivity index (χ4v) is 3.50. The van der Waals surface area contributed by atoms with Crippen molar-refractivity contribution in [1.29, 1.82) is 10.5 Å². The number of allylic oxidation sites excluding steroid dienone is 3. The Hall–Kier alpha value is -1.33. The van der Waals surface area contributed by atoms with E-state index in [0.29, 0.717) is 10.6 Å². The van der Waals surface area contributed by atoms with Gasteiger partial charge >= 0.3 is 0 Å². The lowest BCUT2D eigenvalue weighted by atomic mass is 10.00. The maximum Gasteiger partial charge on any atom is 0.139 e. The molecule has 0 bridgehead atoms. The van der Waals surface area contributed by atoms with Crippen LogP contribution in [0.5, 0.6) is 0 Å². The van der Waals surface area contributed by atoms with Gasteiger partial charge in [-0.05, 0) is 25.0 Å². The second kappa shape index (κ2) is 8.07. The summed E-state index contributed by atoms with van der Waals surface area (Å²) in [6, 6.07) is 11.5. The van der Waals surface area contributed by atoms with E-state index >= 15 is 0 Å². The third-order valence-corrected chi connectivity index (χ3v) is 5.34. The molecule has 0 N–H and O–H groups in total. The van der Waals surface area contributed by atoms with Crippen LogP contribution in [0.15, 0.2) is 39.1 Å². The standard InChI is InChI=1S/C15H13ClN2S2/c1-10-4-6-11(7-5-10)13(12(8-17)9-18)14(16)15(19-2)20-3/h4-7H,1-3H3. The molecule has 0 aliphatic rings. The molecule has 5 heteroatoms. The molecular formula is C15H13ClN2S2. The van der Waals surface area contributed by atoms with Gasteiger partial charge in [-0.25, -0.2) is 0 Å². The Labute approximate surface area is 133 Å². The van der Waals surface area contributed by atoms with Gasteiger partial charge in [-0.3, -0.25) is 0 Å². The van der Waals surface area contributed by atoms with Crippen molar-refractivity contribution in [2.75, 3.05) is 12.5 Å². The van der Waals surface area contributed by atoms with Crippen molar-refractivity contribution < 1.29 is 0 Å². The summed E-state index contributed by atoms with van der Waals surface area (Å²) in [6.07, 6.45) is 3.83. The van der Waals surface area contributed by atoms with Crippen LogP contribution in [0.25, 0.3) is 5.57 Å². The lowest BCUT2D eigenvalue weighted by Crippen LogP contribution is -1.92. The second-order valence-electron chi connectivity index (χ2n) is 3.85. The highest BCUT2D eigenvalue weighted by Gasteiger charge is 2.16. The summed E-state index contributed by atoms with van der Waals surface area (Å²) >= 11 is 9.42. The summed E-state index contributed by atoms with van der Waals surface area (Å²) in [5.41, 5.74) is 2.41.